The fourth-order valence-corrected chi connectivity index (χ4v) is 1.26. The highest BCUT2D eigenvalue weighted by molar-refractivity contribution is 4.78. The van der Waals surface area contributed by atoms with E-state index in [9.17, 15) is 13.2 Å². The maximum atomic E-state index is 12.3. The van der Waals surface area contributed by atoms with E-state index in [0.29, 0.717) is 6.42 Å². The van der Waals surface area contributed by atoms with Gasteiger partial charge >= 0.3 is 6.18 Å². The molecule has 0 aromatic rings. The highest BCUT2D eigenvalue weighted by atomic mass is 19.4. The standard InChI is InChI=1S/C6H8F3N3O/c7-6(8,9)4-2-1-3-13-5(4)11-12-10/h4-5H,1-3H2. The fourth-order valence-electron chi connectivity index (χ4n) is 1.26. The summed E-state index contributed by atoms with van der Waals surface area (Å²) in [5.41, 5.74) is 8.01. The highest BCUT2D eigenvalue weighted by Crippen LogP contribution is 2.36. The third-order valence-corrected chi connectivity index (χ3v) is 1.88. The van der Waals surface area contributed by atoms with Crippen molar-refractivity contribution in [3.8, 4) is 0 Å². The number of hydrogen-bond donors (Lipinski definition) is 0. The van der Waals surface area contributed by atoms with Crippen molar-refractivity contribution < 1.29 is 17.9 Å². The van der Waals surface area contributed by atoms with E-state index in [2.05, 4.69) is 10.0 Å². The summed E-state index contributed by atoms with van der Waals surface area (Å²) in [4.78, 5) is 2.32. The predicted octanol–water partition coefficient (Wildman–Crippen LogP) is 2.61. The SMILES string of the molecule is [N-]=[N+]=NC1OCCCC1C(F)(F)F. The second-order valence-electron chi connectivity index (χ2n) is 2.76. The van der Waals surface area contributed by atoms with E-state index >= 15 is 0 Å². The molecule has 1 saturated heterocycles. The summed E-state index contributed by atoms with van der Waals surface area (Å²) in [5.74, 6) is -1.66. The van der Waals surface area contributed by atoms with Crippen LogP contribution in [0.15, 0.2) is 5.11 Å². The summed E-state index contributed by atoms with van der Waals surface area (Å²) in [6.07, 6.45) is -5.42. The number of rotatable bonds is 1. The Bertz CT molecular complexity index is 224. The summed E-state index contributed by atoms with van der Waals surface area (Å²) in [7, 11) is 0. The Hall–Kier alpha value is -0.940. The normalized spacial score (nSPS) is 29.5. The van der Waals surface area contributed by atoms with Gasteiger partial charge in [0.25, 0.3) is 0 Å². The van der Waals surface area contributed by atoms with Crippen LogP contribution in [0.3, 0.4) is 0 Å². The third kappa shape index (κ3) is 2.50. The molecule has 1 aliphatic heterocycles. The molecule has 2 unspecified atom stereocenters. The third-order valence-electron chi connectivity index (χ3n) is 1.88. The van der Waals surface area contributed by atoms with Gasteiger partial charge in [-0.15, -0.1) is 0 Å². The minimum absolute atomic E-state index is 0.0345. The Morgan fingerprint density at radius 1 is 1.46 bits per heavy atom. The first-order chi connectivity index (χ1) is 6.05. The molecule has 1 aliphatic rings. The van der Waals surface area contributed by atoms with Crippen LogP contribution in [0.1, 0.15) is 12.8 Å². The van der Waals surface area contributed by atoms with Gasteiger partial charge in [-0.2, -0.15) is 13.2 Å². The first-order valence-electron chi connectivity index (χ1n) is 3.78. The van der Waals surface area contributed by atoms with E-state index in [4.69, 9.17) is 10.3 Å². The molecule has 0 aromatic carbocycles. The molecule has 74 valence electrons. The number of hydrogen-bond acceptors (Lipinski definition) is 2. The Morgan fingerprint density at radius 2 is 2.15 bits per heavy atom. The van der Waals surface area contributed by atoms with Crippen molar-refractivity contribution in [3.05, 3.63) is 10.4 Å². The van der Waals surface area contributed by atoms with Gasteiger partial charge in [0, 0.05) is 11.5 Å². The van der Waals surface area contributed by atoms with Crippen molar-refractivity contribution in [2.75, 3.05) is 6.61 Å². The summed E-state index contributed by atoms with van der Waals surface area (Å²) in [5, 5.41) is 2.97. The molecule has 0 saturated carbocycles. The molecule has 0 N–H and O–H groups in total. The van der Waals surface area contributed by atoms with Crippen LogP contribution >= 0.6 is 0 Å². The van der Waals surface area contributed by atoms with E-state index in [0.717, 1.165) is 0 Å². The predicted molar refractivity (Wildman–Crippen MR) is 37.7 cm³/mol. The number of alkyl halides is 3. The molecule has 4 nitrogen and oxygen atoms in total. The Morgan fingerprint density at radius 3 is 2.69 bits per heavy atom. The van der Waals surface area contributed by atoms with Crippen molar-refractivity contribution >= 4 is 0 Å². The van der Waals surface area contributed by atoms with E-state index in [1.165, 1.54) is 0 Å². The molecule has 13 heavy (non-hydrogen) atoms. The van der Waals surface area contributed by atoms with Crippen molar-refractivity contribution in [1.82, 2.24) is 0 Å². The Kier molecular flexibility index (Phi) is 3.00. The van der Waals surface area contributed by atoms with Gasteiger partial charge in [0.05, 0.1) is 5.92 Å². The van der Waals surface area contributed by atoms with Gasteiger partial charge in [0.2, 0.25) is 0 Å². The average molecular weight is 195 g/mol. The zero-order chi connectivity index (χ0) is 9.90. The Balaban J connectivity index is 2.73. The monoisotopic (exact) mass is 195 g/mol. The molecule has 0 radical (unpaired) electrons. The average Bonchev–Trinajstić information content (AvgIpc) is 2.04. The van der Waals surface area contributed by atoms with Gasteiger partial charge in [0.1, 0.15) is 6.23 Å². The van der Waals surface area contributed by atoms with Crippen LogP contribution in [0.2, 0.25) is 0 Å². The van der Waals surface area contributed by atoms with Crippen molar-refractivity contribution in [2.24, 2.45) is 11.0 Å². The lowest BCUT2D eigenvalue weighted by Crippen LogP contribution is -2.38. The van der Waals surface area contributed by atoms with E-state index in [-0.39, 0.29) is 13.0 Å². The summed E-state index contributed by atoms with van der Waals surface area (Å²) < 4.78 is 41.5. The summed E-state index contributed by atoms with van der Waals surface area (Å²) >= 11 is 0. The van der Waals surface area contributed by atoms with Gasteiger partial charge in [-0.25, -0.2) is 0 Å². The fraction of sp³-hybridized carbons (Fsp3) is 1.00. The van der Waals surface area contributed by atoms with Crippen LogP contribution in [-0.2, 0) is 4.74 Å². The largest absolute Gasteiger partial charge is 0.394 e. The van der Waals surface area contributed by atoms with Gasteiger partial charge < -0.3 is 4.74 Å². The molecule has 0 aliphatic carbocycles. The van der Waals surface area contributed by atoms with Gasteiger partial charge in [-0.3, -0.25) is 0 Å². The lowest BCUT2D eigenvalue weighted by atomic mass is 9.99. The zero-order valence-corrected chi connectivity index (χ0v) is 6.66. The number of halogens is 3. The van der Waals surface area contributed by atoms with Crippen molar-refractivity contribution in [3.63, 3.8) is 0 Å². The summed E-state index contributed by atoms with van der Waals surface area (Å²) in [6.45, 7) is 0.219. The van der Waals surface area contributed by atoms with Crippen LogP contribution < -0.4 is 0 Å². The minimum atomic E-state index is -4.35. The Labute approximate surface area is 72.3 Å². The molecule has 0 aromatic heterocycles. The topological polar surface area (TPSA) is 58.0 Å². The molecule has 1 rings (SSSR count). The lowest BCUT2D eigenvalue weighted by Gasteiger charge is -2.29. The van der Waals surface area contributed by atoms with Crippen molar-refractivity contribution in [1.29, 1.82) is 0 Å². The van der Waals surface area contributed by atoms with E-state index in [1.807, 2.05) is 0 Å². The molecule has 1 heterocycles. The second kappa shape index (κ2) is 3.85. The quantitative estimate of drug-likeness (QED) is 0.360. The first-order valence-corrected chi connectivity index (χ1v) is 3.78. The van der Waals surface area contributed by atoms with E-state index < -0.39 is 18.3 Å². The van der Waals surface area contributed by atoms with Crippen LogP contribution in [0.5, 0.6) is 0 Å². The second-order valence-corrected chi connectivity index (χ2v) is 2.76. The van der Waals surface area contributed by atoms with Gasteiger partial charge in [0.15, 0.2) is 0 Å². The lowest BCUT2D eigenvalue weighted by molar-refractivity contribution is -0.220. The molecule has 0 amide bonds. The van der Waals surface area contributed by atoms with Crippen molar-refractivity contribution in [2.45, 2.75) is 25.2 Å². The summed E-state index contributed by atoms with van der Waals surface area (Å²) in [6, 6.07) is 0. The number of ether oxygens (including phenoxy) is 1. The van der Waals surface area contributed by atoms with Crippen LogP contribution in [0, 0.1) is 5.92 Å². The maximum Gasteiger partial charge on any atom is 0.394 e. The zero-order valence-electron chi connectivity index (χ0n) is 6.66. The smallest absolute Gasteiger partial charge is 0.372 e. The molecular weight excluding hydrogens is 187 g/mol. The number of nitrogens with zero attached hydrogens (tertiary/aromatic N) is 3. The minimum Gasteiger partial charge on any atom is -0.372 e. The molecule has 0 bridgehead atoms. The van der Waals surface area contributed by atoms with Gasteiger partial charge in [-0.05, 0) is 18.4 Å². The molecule has 1 fully saturated rings. The molecular formula is C6H8F3N3O. The molecule has 0 spiro atoms. The number of azide groups is 1. The molecule has 7 heteroatoms. The first kappa shape index (κ1) is 10.1. The highest BCUT2D eigenvalue weighted by Gasteiger charge is 2.46. The van der Waals surface area contributed by atoms with Crippen LogP contribution in [0.4, 0.5) is 13.2 Å². The van der Waals surface area contributed by atoms with Gasteiger partial charge in [-0.1, -0.05) is 5.11 Å². The van der Waals surface area contributed by atoms with Crippen LogP contribution in [0.25, 0.3) is 10.4 Å². The maximum absolute atomic E-state index is 12.3. The van der Waals surface area contributed by atoms with Crippen LogP contribution in [-0.4, -0.2) is 19.0 Å². The molecule has 2 atom stereocenters. The van der Waals surface area contributed by atoms with E-state index in [1.54, 1.807) is 0 Å².